The van der Waals surface area contributed by atoms with Gasteiger partial charge in [-0.1, -0.05) is 0 Å². The van der Waals surface area contributed by atoms with Crippen molar-refractivity contribution < 1.29 is 4.79 Å². The van der Waals surface area contributed by atoms with Gasteiger partial charge in [0.1, 0.15) is 0 Å². The van der Waals surface area contributed by atoms with E-state index in [1.165, 1.54) is 0 Å². The minimum Gasteiger partial charge on any atom is -0.343 e. The van der Waals surface area contributed by atoms with E-state index in [-0.39, 0.29) is 36.8 Å². The van der Waals surface area contributed by atoms with Gasteiger partial charge in [-0.3, -0.25) is 9.48 Å². The first kappa shape index (κ1) is 19.2. The Balaban J connectivity index is 0.00000180. The van der Waals surface area contributed by atoms with Crippen LogP contribution in [0.15, 0.2) is 18.5 Å². The standard InChI is InChI=1S/C13H22N4O.2ClH/c1-11(14)12-3-8-16(9-4-12)13(18)5-10-17-7-2-6-15-17;;/h2,6-7,11-12H,3-5,8-10,14H2,1H3;2*1H. The van der Waals surface area contributed by atoms with Gasteiger partial charge in [0.25, 0.3) is 0 Å². The summed E-state index contributed by atoms with van der Waals surface area (Å²) in [5, 5.41) is 4.10. The Morgan fingerprint density at radius 3 is 2.55 bits per heavy atom. The Morgan fingerprint density at radius 2 is 2.05 bits per heavy atom. The first-order chi connectivity index (χ1) is 8.66. The Hall–Kier alpha value is -0.780. The van der Waals surface area contributed by atoms with Crippen molar-refractivity contribution in [3.63, 3.8) is 0 Å². The Labute approximate surface area is 132 Å². The third-order valence-corrected chi connectivity index (χ3v) is 3.75. The van der Waals surface area contributed by atoms with E-state index in [1.807, 2.05) is 17.2 Å². The summed E-state index contributed by atoms with van der Waals surface area (Å²) in [6.07, 6.45) is 6.22. The van der Waals surface area contributed by atoms with Crippen LogP contribution in [0.25, 0.3) is 0 Å². The summed E-state index contributed by atoms with van der Waals surface area (Å²) in [4.78, 5) is 14.0. The topological polar surface area (TPSA) is 64.2 Å². The number of nitrogens with zero attached hydrogens (tertiary/aromatic N) is 3. The minimum atomic E-state index is 0. The van der Waals surface area contributed by atoms with E-state index >= 15 is 0 Å². The second-order valence-corrected chi connectivity index (χ2v) is 5.10. The molecule has 0 radical (unpaired) electrons. The first-order valence-electron chi connectivity index (χ1n) is 6.67. The molecule has 1 aliphatic heterocycles. The van der Waals surface area contributed by atoms with Crippen LogP contribution in [0.3, 0.4) is 0 Å². The van der Waals surface area contributed by atoms with Crippen molar-refractivity contribution in [3.8, 4) is 0 Å². The van der Waals surface area contributed by atoms with Crippen LogP contribution in [-0.2, 0) is 11.3 Å². The van der Waals surface area contributed by atoms with E-state index in [9.17, 15) is 4.79 Å². The average Bonchev–Trinajstić information content (AvgIpc) is 2.89. The molecule has 2 rings (SSSR count). The quantitative estimate of drug-likeness (QED) is 0.917. The normalized spacial score (nSPS) is 17.0. The van der Waals surface area contributed by atoms with E-state index in [2.05, 4.69) is 12.0 Å². The van der Waals surface area contributed by atoms with Crippen LogP contribution in [0.5, 0.6) is 0 Å². The van der Waals surface area contributed by atoms with Gasteiger partial charge in [-0.05, 0) is 31.7 Å². The second-order valence-electron chi connectivity index (χ2n) is 5.10. The predicted molar refractivity (Wildman–Crippen MR) is 84.3 cm³/mol. The number of aromatic nitrogens is 2. The summed E-state index contributed by atoms with van der Waals surface area (Å²) in [7, 11) is 0. The number of carbonyl (C=O) groups is 1. The van der Waals surface area contributed by atoms with Gasteiger partial charge in [0.05, 0.1) is 0 Å². The van der Waals surface area contributed by atoms with Crippen molar-refractivity contribution >= 4 is 30.7 Å². The van der Waals surface area contributed by atoms with E-state index in [0.29, 0.717) is 18.9 Å². The van der Waals surface area contributed by atoms with Crippen LogP contribution in [0, 0.1) is 5.92 Å². The third kappa shape index (κ3) is 5.31. The molecule has 116 valence electrons. The molecular weight excluding hydrogens is 299 g/mol. The molecule has 1 atom stereocenters. The second kappa shape index (κ2) is 9.21. The molecule has 20 heavy (non-hydrogen) atoms. The molecular formula is C13H24Cl2N4O. The van der Waals surface area contributed by atoms with Gasteiger partial charge < -0.3 is 10.6 Å². The molecule has 1 aromatic heterocycles. The highest BCUT2D eigenvalue weighted by Gasteiger charge is 2.24. The van der Waals surface area contributed by atoms with E-state index in [0.717, 1.165) is 25.9 Å². The van der Waals surface area contributed by atoms with Crippen molar-refractivity contribution in [3.05, 3.63) is 18.5 Å². The molecule has 1 saturated heterocycles. The fourth-order valence-corrected chi connectivity index (χ4v) is 2.48. The number of hydrogen-bond acceptors (Lipinski definition) is 3. The Kier molecular flexibility index (Phi) is 8.85. The molecule has 2 N–H and O–H groups in total. The maximum Gasteiger partial charge on any atom is 0.224 e. The highest BCUT2D eigenvalue weighted by Crippen LogP contribution is 2.19. The molecule has 0 aromatic carbocycles. The predicted octanol–water partition coefficient (Wildman–Crippen LogP) is 1.70. The SMILES string of the molecule is CC(N)C1CCN(C(=O)CCn2cccn2)CC1.Cl.Cl. The number of amides is 1. The Morgan fingerprint density at radius 1 is 1.40 bits per heavy atom. The van der Waals surface area contributed by atoms with Crippen molar-refractivity contribution in [1.82, 2.24) is 14.7 Å². The number of likely N-dealkylation sites (tertiary alicyclic amines) is 1. The monoisotopic (exact) mass is 322 g/mol. The molecule has 1 unspecified atom stereocenters. The van der Waals surface area contributed by atoms with E-state index in [4.69, 9.17) is 5.73 Å². The molecule has 1 amide bonds. The minimum absolute atomic E-state index is 0. The maximum atomic E-state index is 12.0. The summed E-state index contributed by atoms with van der Waals surface area (Å²) in [5.41, 5.74) is 5.90. The molecule has 0 bridgehead atoms. The summed E-state index contributed by atoms with van der Waals surface area (Å²) in [6.45, 7) is 4.42. The van der Waals surface area contributed by atoms with E-state index < -0.39 is 0 Å². The average molecular weight is 323 g/mol. The van der Waals surface area contributed by atoms with Crippen LogP contribution in [0.2, 0.25) is 0 Å². The fourth-order valence-electron chi connectivity index (χ4n) is 2.48. The van der Waals surface area contributed by atoms with Crippen LogP contribution >= 0.6 is 24.8 Å². The highest BCUT2D eigenvalue weighted by atomic mass is 35.5. The number of piperidine rings is 1. The molecule has 0 spiro atoms. The smallest absolute Gasteiger partial charge is 0.224 e. The molecule has 0 aliphatic carbocycles. The lowest BCUT2D eigenvalue weighted by Gasteiger charge is -2.33. The summed E-state index contributed by atoms with van der Waals surface area (Å²) < 4.78 is 1.80. The number of hydrogen-bond donors (Lipinski definition) is 1. The van der Waals surface area contributed by atoms with Crippen molar-refractivity contribution in [2.24, 2.45) is 11.7 Å². The number of aryl methyl sites for hydroxylation is 1. The van der Waals surface area contributed by atoms with Gasteiger partial charge in [0.2, 0.25) is 5.91 Å². The van der Waals surface area contributed by atoms with Gasteiger partial charge in [-0.15, -0.1) is 24.8 Å². The van der Waals surface area contributed by atoms with Gasteiger partial charge in [0, 0.05) is 44.5 Å². The number of rotatable bonds is 4. The van der Waals surface area contributed by atoms with Crippen molar-refractivity contribution in [2.75, 3.05) is 13.1 Å². The van der Waals surface area contributed by atoms with Gasteiger partial charge in [0.15, 0.2) is 0 Å². The Bertz CT molecular complexity index is 376. The third-order valence-electron chi connectivity index (χ3n) is 3.75. The first-order valence-corrected chi connectivity index (χ1v) is 6.67. The zero-order valence-electron chi connectivity index (χ0n) is 11.8. The zero-order valence-corrected chi connectivity index (χ0v) is 13.4. The van der Waals surface area contributed by atoms with Crippen LogP contribution in [0.1, 0.15) is 26.2 Å². The summed E-state index contributed by atoms with van der Waals surface area (Å²) >= 11 is 0. The van der Waals surface area contributed by atoms with E-state index in [1.54, 1.807) is 10.9 Å². The largest absolute Gasteiger partial charge is 0.343 e. The molecule has 1 aromatic rings. The number of carbonyl (C=O) groups excluding carboxylic acids is 1. The van der Waals surface area contributed by atoms with Crippen LogP contribution in [-0.4, -0.2) is 39.7 Å². The fraction of sp³-hybridized carbons (Fsp3) is 0.692. The summed E-state index contributed by atoms with van der Waals surface area (Å²) in [6, 6.07) is 2.12. The highest BCUT2D eigenvalue weighted by molar-refractivity contribution is 5.85. The van der Waals surface area contributed by atoms with Gasteiger partial charge >= 0.3 is 0 Å². The lowest BCUT2D eigenvalue weighted by molar-refractivity contribution is -0.132. The molecule has 5 nitrogen and oxygen atoms in total. The van der Waals surface area contributed by atoms with Gasteiger partial charge in [-0.25, -0.2) is 0 Å². The zero-order chi connectivity index (χ0) is 13.0. The number of nitrogens with two attached hydrogens (primary N) is 1. The van der Waals surface area contributed by atoms with Gasteiger partial charge in [-0.2, -0.15) is 5.10 Å². The lowest BCUT2D eigenvalue weighted by Crippen LogP contribution is -2.42. The molecule has 1 fully saturated rings. The molecule has 2 heterocycles. The maximum absolute atomic E-state index is 12.0. The van der Waals surface area contributed by atoms with Crippen LogP contribution in [0.4, 0.5) is 0 Å². The molecule has 0 saturated carbocycles. The van der Waals surface area contributed by atoms with Crippen molar-refractivity contribution in [1.29, 1.82) is 0 Å². The molecule has 7 heteroatoms. The molecule has 1 aliphatic rings. The van der Waals surface area contributed by atoms with Crippen LogP contribution < -0.4 is 5.73 Å². The van der Waals surface area contributed by atoms with Crippen molar-refractivity contribution in [2.45, 2.75) is 38.8 Å². The number of halogens is 2. The summed E-state index contributed by atoms with van der Waals surface area (Å²) in [5.74, 6) is 0.800. The lowest BCUT2D eigenvalue weighted by atomic mass is 9.91.